The smallest absolute Gasteiger partial charge is 0.408 e. The van der Waals surface area contributed by atoms with Crippen molar-refractivity contribution in [3.8, 4) is 5.75 Å². The number of amides is 2. The minimum atomic E-state index is -1.00. The molecule has 0 unspecified atom stereocenters. The summed E-state index contributed by atoms with van der Waals surface area (Å²) in [6.07, 6.45) is 1.40. The Balaban J connectivity index is 1.67. The van der Waals surface area contributed by atoms with Crippen molar-refractivity contribution in [2.24, 2.45) is 0 Å². The number of alkyl carbamates (subject to hydrolysis) is 2. The summed E-state index contributed by atoms with van der Waals surface area (Å²) >= 11 is 0. The third kappa shape index (κ3) is 11.6. The second-order valence-electron chi connectivity index (χ2n) is 9.12. The van der Waals surface area contributed by atoms with E-state index >= 15 is 0 Å². The van der Waals surface area contributed by atoms with Crippen molar-refractivity contribution in [1.29, 1.82) is 0 Å². The second-order valence-corrected chi connectivity index (χ2v) is 9.12. The van der Waals surface area contributed by atoms with E-state index in [4.69, 9.17) is 18.9 Å². The largest absolute Gasteiger partial charge is 0.491 e. The fourth-order valence-corrected chi connectivity index (χ4v) is 3.11. The molecule has 0 saturated heterocycles. The minimum absolute atomic E-state index is 0.0999. The van der Waals surface area contributed by atoms with Gasteiger partial charge < -0.3 is 29.6 Å². The van der Waals surface area contributed by atoms with Gasteiger partial charge in [0, 0.05) is 6.54 Å². The maximum Gasteiger partial charge on any atom is 0.408 e. The summed E-state index contributed by atoms with van der Waals surface area (Å²) in [6.45, 7) is 5.88. The quantitative estimate of drug-likeness (QED) is 0.253. The molecule has 1 atom stereocenters. The highest BCUT2D eigenvalue weighted by atomic mass is 16.6. The van der Waals surface area contributed by atoms with Crippen molar-refractivity contribution in [2.75, 3.05) is 20.3 Å². The van der Waals surface area contributed by atoms with E-state index in [0.717, 1.165) is 30.4 Å². The van der Waals surface area contributed by atoms with Gasteiger partial charge in [0.05, 0.1) is 7.11 Å². The fourth-order valence-electron chi connectivity index (χ4n) is 3.11. The van der Waals surface area contributed by atoms with Crippen LogP contribution in [-0.2, 0) is 32.0 Å². The van der Waals surface area contributed by atoms with Gasteiger partial charge in [-0.3, -0.25) is 0 Å². The van der Waals surface area contributed by atoms with E-state index in [1.807, 2.05) is 42.5 Å². The van der Waals surface area contributed by atoms with Gasteiger partial charge in [-0.15, -0.1) is 0 Å². The molecule has 2 aromatic rings. The lowest BCUT2D eigenvalue weighted by Gasteiger charge is -2.22. The molecular weight excluding hydrogens is 464 g/mol. The number of carbonyl (C=O) groups is 3. The van der Waals surface area contributed by atoms with E-state index < -0.39 is 29.8 Å². The number of esters is 1. The average Bonchev–Trinajstić information content (AvgIpc) is 2.85. The Kier molecular flexibility index (Phi) is 11.6. The number of carbonyl (C=O) groups excluding carboxylic acids is 3. The molecule has 196 valence electrons. The van der Waals surface area contributed by atoms with Crippen LogP contribution in [0.3, 0.4) is 0 Å². The molecule has 2 aromatic carbocycles. The van der Waals surface area contributed by atoms with Gasteiger partial charge >= 0.3 is 18.2 Å². The van der Waals surface area contributed by atoms with Crippen LogP contribution in [-0.4, -0.2) is 50.1 Å². The first kappa shape index (κ1) is 28.5. The number of methoxy groups -OCH3 is 1. The summed E-state index contributed by atoms with van der Waals surface area (Å²) in [5, 5.41) is 5.23. The van der Waals surface area contributed by atoms with E-state index in [0.29, 0.717) is 12.3 Å². The summed E-state index contributed by atoms with van der Waals surface area (Å²) in [5.74, 6) is -0.0727. The van der Waals surface area contributed by atoms with E-state index in [2.05, 4.69) is 10.6 Å². The molecule has 2 rings (SSSR count). The molecule has 2 amide bonds. The highest BCUT2D eigenvalue weighted by Gasteiger charge is 2.25. The summed E-state index contributed by atoms with van der Waals surface area (Å²) in [5.41, 5.74) is 1.37. The number of aryl methyl sites for hydroxylation is 1. The SMILES string of the molecule is COC(=O)[C@H](COc1ccc(CCCCNC(=O)OCc2ccccc2)cc1)NC(=O)OC(C)(C)C. The predicted molar refractivity (Wildman–Crippen MR) is 135 cm³/mol. The van der Waals surface area contributed by atoms with E-state index in [-0.39, 0.29) is 13.2 Å². The number of ether oxygens (including phenoxy) is 4. The number of nitrogens with one attached hydrogen (secondary N) is 2. The second kappa shape index (κ2) is 14.6. The van der Waals surface area contributed by atoms with Crippen LogP contribution in [0.2, 0.25) is 0 Å². The average molecular weight is 501 g/mol. The number of hydrogen-bond donors (Lipinski definition) is 2. The molecule has 0 aliphatic heterocycles. The van der Waals surface area contributed by atoms with Crippen molar-refractivity contribution in [1.82, 2.24) is 10.6 Å². The molecule has 0 fully saturated rings. The van der Waals surface area contributed by atoms with Gasteiger partial charge in [-0.1, -0.05) is 42.5 Å². The maximum absolute atomic E-state index is 12.0. The molecule has 0 aliphatic rings. The van der Waals surface area contributed by atoms with Crippen LogP contribution in [0.25, 0.3) is 0 Å². The Labute approximate surface area is 212 Å². The summed E-state index contributed by atoms with van der Waals surface area (Å²) < 4.78 is 20.8. The molecule has 0 spiro atoms. The molecule has 0 aliphatic carbocycles. The Morgan fingerprint density at radius 2 is 1.58 bits per heavy atom. The van der Waals surface area contributed by atoms with Gasteiger partial charge in [0.2, 0.25) is 0 Å². The van der Waals surface area contributed by atoms with Crippen LogP contribution < -0.4 is 15.4 Å². The van der Waals surface area contributed by atoms with Crippen LogP contribution >= 0.6 is 0 Å². The minimum Gasteiger partial charge on any atom is -0.491 e. The lowest BCUT2D eigenvalue weighted by Crippen LogP contribution is -2.47. The van der Waals surface area contributed by atoms with Crippen molar-refractivity contribution < 1.29 is 33.3 Å². The molecule has 0 bridgehead atoms. The summed E-state index contributed by atoms with van der Waals surface area (Å²) in [7, 11) is 1.24. The highest BCUT2D eigenvalue weighted by molar-refractivity contribution is 5.81. The topological polar surface area (TPSA) is 112 Å². The molecule has 9 nitrogen and oxygen atoms in total. The van der Waals surface area contributed by atoms with E-state index in [1.54, 1.807) is 32.9 Å². The predicted octanol–water partition coefficient (Wildman–Crippen LogP) is 4.38. The van der Waals surface area contributed by atoms with Crippen LogP contribution in [0.1, 0.15) is 44.7 Å². The van der Waals surface area contributed by atoms with Crippen LogP contribution in [0, 0.1) is 0 Å². The maximum atomic E-state index is 12.0. The Bertz CT molecular complexity index is 956. The number of unbranched alkanes of at least 4 members (excludes halogenated alkanes) is 1. The van der Waals surface area contributed by atoms with Gasteiger partial charge in [0.25, 0.3) is 0 Å². The number of benzene rings is 2. The molecule has 9 heteroatoms. The molecule has 0 saturated carbocycles. The first-order valence-electron chi connectivity index (χ1n) is 11.9. The van der Waals surface area contributed by atoms with E-state index in [1.165, 1.54) is 7.11 Å². The number of hydrogen-bond acceptors (Lipinski definition) is 7. The number of rotatable bonds is 12. The molecule has 0 aromatic heterocycles. The van der Waals surface area contributed by atoms with Crippen LogP contribution in [0.4, 0.5) is 9.59 Å². The van der Waals surface area contributed by atoms with Gasteiger partial charge in [-0.25, -0.2) is 14.4 Å². The Morgan fingerprint density at radius 3 is 2.22 bits per heavy atom. The van der Waals surface area contributed by atoms with Gasteiger partial charge in [-0.05, 0) is 63.3 Å². The highest BCUT2D eigenvalue weighted by Crippen LogP contribution is 2.15. The fraction of sp³-hybridized carbons (Fsp3) is 0.444. The van der Waals surface area contributed by atoms with Gasteiger partial charge in [0.1, 0.15) is 24.6 Å². The van der Waals surface area contributed by atoms with Gasteiger partial charge in [-0.2, -0.15) is 0 Å². The zero-order valence-electron chi connectivity index (χ0n) is 21.4. The summed E-state index contributed by atoms with van der Waals surface area (Å²) in [4.78, 5) is 35.8. The normalized spacial score (nSPS) is 11.7. The Morgan fingerprint density at radius 1 is 0.889 bits per heavy atom. The van der Waals surface area contributed by atoms with Crippen LogP contribution in [0.5, 0.6) is 5.75 Å². The molecule has 36 heavy (non-hydrogen) atoms. The van der Waals surface area contributed by atoms with Crippen molar-refractivity contribution >= 4 is 18.2 Å². The van der Waals surface area contributed by atoms with Crippen molar-refractivity contribution in [3.05, 3.63) is 65.7 Å². The molecule has 2 N–H and O–H groups in total. The zero-order valence-corrected chi connectivity index (χ0v) is 21.4. The molecule has 0 radical (unpaired) electrons. The summed E-state index contributed by atoms with van der Waals surface area (Å²) in [6, 6.07) is 16.0. The third-order valence-electron chi connectivity index (χ3n) is 4.89. The van der Waals surface area contributed by atoms with Crippen molar-refractivity contribution in [3.63, 3.8) is 0 Å². The monoisotopic (exact) mass is 500 g/mol. The lowest BCUT2D eigenvalue weighted by molar-refractivity contribution is -0.143. The van der Waals surface area contributed by atoms with Gasteiger partial charge in [0.15, 0.2) is 6.04 Å². The third-order valence-corrected chi connectivity index (χ3v) is 4.89. The molecular formula is C27H36N2O7. The molecule has 0 heterocycles. The zero-order chi connectivity index (χ0) is 26.4. The first-order chi connectivity index (χ1) is 17.2. The van der Waals surface area contributed by atoms with E-state index in [9.17, 15) is 14.4 Å². The first-order valence-corrected chi connectivity index (χ1v) is 11.9. The lowest BCUT2D eigenvalue weighted by atomic mass is 10.1. The van der Waals surface area contributed by atoms with Crippen LogP contribution in [0.15, 0.2) is 54.6 Å². The standard InChI is InChI=1S/C27H36N2O7/c1-27(2,3)36-26(32)29-23(24(30)33-4)19-34-22-15-13-20(14-16-22)10-8-9-17-28-25(31)35-18-21-11-6-5-7-12-21/h5-7,11-16,23H,8-10,17-19H2,1-4H3,(H,28,31)(H,29,32)/t23-/m0/s1. The van der Waals surface area contributed by atoms with Crippen molar-refractivity contribution in [2.45, 2.75) is 58.3 Å². The Hall–Kier alpha value is -3.75.